The Bertz CT molecular complexity index is 520. The molecule has 0 saturated carbocycles. The maximum Gasteiger partial charge on any atom is 0.213 e. The summed E-state index contributed by atoms with van der Waals surface area (Å²) in [6.07, 6.45) is 0. The van der Waals surface area contributed by atoms with Crippen LogP contribution in [-0.2, 0) is 0 Å². The maximum atomic E-state index is 4.93. The molecule has 2 aromatic rings. The highest BCUT2D eigenvalue weighted by Gasteiger charge is 2.16. The number of aryl methyl sites for hydroxylation is 1. The molecule has 0 amide bonds. The third-order valence-electron chi connectivity index (χ3n) is 2.02. The molecule has 0 saturated heterocycles. The third kappa shape index (κ3) is 2.00. The van der Waals surface area contributed by atoms with Gasteiger partial charge in [0.15, 0.2) is 5.82 Å². The van der Waals surface area contributed by atoms with Gasteiger partial charge >= 0.3 is 0 Å². The van der Waals surface area contributed by atoms with Gasteiger partial charge in [0, 0.05) is 0 Å². The molecule has 0 aromatic carbocycles. The molecule has 0 fully saturated rings. The molecule has 0 aliphatic carbocycles. The Morgan fingerprint density at radius 2 is 2.00 bits per heavy atom. The lowest BCUT2D eigenvalue weighted by Crippen LogP contribution is -1.91. The summed E-state index contributed by atoms with van der Waals surface area (Å²) in [5.41, 5.74) is 1.08. The number of hydrogen-bond donors (Lipinski definition) is 2. The molecule has 15 heavy (non-hydrogen) atoms. The van der Waals surface area contributed by atoms with E-state index in [0.29, 0.717) is 10.7 Å². The molecule has 0 aliphatic rings. The average molecular weight is 240 g/mol. The first-order chi connectivity index (χ1) is 7.08. The quantitative estimate of drug-likeness (QED) is 0.793. The first-order valence-electron chi connectivity index (χ1n) is 4.70. The number of hydrogen-bond acceptors (Lipinski definition) is 4. The summed E-state index contributed by atoms with van der Waals surface area (Å²) in [7, 11) is 0. The molecule has 0 radical (unpaired) electrons. The molecular formula is C9H12N4S2. The highest BCUT2D eigenvalue weighted by Crippen LogP contribution is 2.31. The SMILES string of the molecule is Cc1nc(C(C)C)c(-c2nc(=S)[nH][nH]2)s1. The third-order valence-corrected chi connectivity index (χ3v) is 3.21. The van der Waals surface area contributed by atoms with Gasteiger partial charge in [0.1, 0.15) is 0 Å². The van der Waals surface area contributed by atoms with Crippen molar-refractivity contribution in [3.63, 3.8) is 0 Å². The zero-order valence-electron chi connectivity index (χ0n) is 8.79. The number of aromatic nitrogens is 4. The van der Waals surface area contributed by atoms with E-state index >= 15 is 0 Å². The second kappa shape index (κ2) is 3.86. The van der Waals surface area contributed by atoms with Crippen molar-refractivity contribution in [3.05, 3.63) is 15.5 Å². The Morgan fingerprint density at radius 1 is 1.27 bits per heavy atom. The van der Waals surface area contributed by atoms with Crippen LogP contribution in [0.3, 0.4) is 0 Å². The summed E-state index contributed by atoms with van der Waals surface area (Å²) >= 11 is 6.57. The van der Waals surface area contributed by atoms with Gasteiger partial charge in [-0.05, 0) is 25.1 Å². The maximum absolute atomic E-state index is 4.93. The fraction of sp³-hybridized carbons (Fsp3) is 0.444. The predicted octanol–water partition coefficient (Wildman–Crippen LogP) is 3.02. The first kappa shape index (κ1) is 10.5. The first-order valence-corrected chi connectivity index (χ1v) is 5.92. The number of thiazole rings is 1. The molecule has 2 heterocycles. The Labute approximate surface area is 96.8 Å². The minimum Gasteiger partial charge on any atom is -0.281 e. The number of aromatic amines is 2. The molecule has 4 nitrogen and oxygen atoms in total. The van der Waals surface area contributed by atoms with Crippen molar-refractivity contribution in [1.29, 1.82) is 0 Å². The van der Waals surface area contributed by atoms with Gasteiger partial charge in [-0.25, -0.2) is 4.98 Å². The number of rotatable bonds is 2. The summed E-state index contributed by atoms with van der Waals surface area (Å²) in [4.78, 5) is 9.80. The van der Waals surface area contributed by atoms with E-state index in [4.69, 9.17) is 12.2 Å². The molecule has 6 heteroatoms. The van der Waals surface area contributed by atoms with Crippen LogP contribution >= 0.6 is 23.6 Å². The molecule has 0 atom stereocenters. The highest BCUT2D eigenvalue weighted by atomic mass is 32.1. The Morgan fingerprint density at radius 3 is 2.53 bits per heavy atom. The molecule has 0 bridgehead atoms. The predicted molar refractivity (Wildman–Crippen MR) is 63.7 cm³/mol. The smallest absolute Gasteiger partial charge is 0.213 e. The average Bonchev–Trinajstić information content (AvgIpc) is 2.71. The van der Waals surface area contributed by atoms with Gasteiger partial charge in [0.2, 0.25) is 4.77 Å². The van der Waals surface area contributed by atoms with Crippen molar-refractivity contribution in [2.24, 2.45) is 0 Å². The fourth-order valence-electron chi connectivity index (χ4n) is 1.38. The van der Waals surface area contributed by atoms with Crippen LogP contribution in [0.1, 0.15) is 30.5 Å². The monoisotopic (exact) mass is 240 g/mol. The van der Waals surface area contributed by atoms with Gasteiger partial charge in [-0.15, -0.1) is 11.3 Å². The van der Waals surface area contributed by atoms with Crippen molar-refractivity contribution in [2.45, 2.75) is 26.7 Å². The molecule has 0 aliphatic heterocycles. The summed E-state index contributed by atoms with van der Waals surface area (Å²) < 4.78 is 0.478. The minimum atomic E-state index is 0.392. The van der Waals surface area contributed by atoms with Crippen molar-refractivity contribution >= 4 is 23.6 Å². The van der Waals surface area contributed by atoms with Crippen LogP contribution in [0.2, 0.25) is 0 Å². The number of nitrogens with zero attached hydrogens (tertiary/aromatic N) is 2. The molecular weight excluding hydrogens is 228 g/mol. The summed E-state index contributed by atoms with van der Waals surface area (Å²) in [6, 6.07) is 0. The van der Waals surface area contributed by atoms with Crippen LogP contribution in [-0.4, -0.2) is 20.2 Å². The van der Waals surface area contributed by atoms with E-state index in [1.807, 2.05) is 6.92 Å². The van der Waals surface area contributed by atoms with E-state index in [0.717, 1.165) is 21.4 Å². The Balaban J connectivity index is 2.56. The molecule has 2 N–H and O–H groups in total. The Hall–Kier alpha value is -1.01. The van der Waals surface area contributed by atoms with Crippen molar-refractivity contribution < 1.29 is 0 Å². The van der Waals surface area contributed by atoms with E-state index in [1.54, 1.807) is 11.3 Å². The van der Waals surface area contributed by atoms with E-state index in [2.05, 4.69) is 34.0 Å². The van der Waals surface area contributed by atoms with Crippen LogP contribution in [0.25, 0.3) is 10.7 Å². The lowest BCUT2D eigenvalue weighted by Gasteiger charge is -2.01. The van der Waals surface area contributed by atoms with E-state index < -0.39 is 0 Å². The van der Waals surface area contributed by atoms with Crippen LogP contribution in [0, 0.1) is 11.7 Å². The normalized spacial score (nSPS) is 11.2. The van der Waals surface area contributed by atoms with Gasteiger partial charge in [0.25, 0.3) is 0 Å². The van der Waals surface area contributed by atoms with Crippen LogP contribution < -0.4 is 0 Å². The van der Waals surface area contributed by atoms with Crippen molar-refractivity contribution in [1.82, 2.24) is 20.2 Å². The largest absolute Gasteiger partial charge is 0.281 e. The summed E-state index contributed by atoms with van der Waals surface area (Å²) in [6.45, 7) is 6.25. The van der Waals surface area contributed by atoms with Crippen molar-refractivity contribution in [3.8, 4) is 10.7 Å². The van der Waals surface area contributed by atoms with Crippen LogP contribution in [0.5, 0.6) is 0 Å². The molecule has 0 spiro atoms. The van der Waals surface area contributed by atoms with Crippen molar-refractivity contribution in [2.75, 3.05) is 0 Å². The number of nitrogens with one attached hydrogen (secondary N) is 2. The standard InChI is InChI=1S/C9H12N4S2/c1-4(2)6-7(15-5(3)10-6)8-11-9(14)13-12-8/h4H,1-3H3,(H2,11,12,13,14). The second-order valence-corrected chi connectivity index (χ2v) is 5.21. The lowest BCUT2D eigenvalue weighted by atomic mass is 10.1. The van der Waals surface area contributed by atoms with Gasteiger partial charge in [0.05, 0.1) is 15.6 Å². The van der Waals surface area contributed by atoms with Crippen LogP contribution in [0.15, 0.2) is 0 Å². The summed E-state index contributed by atoms with van der Waals surface area (Å²) in [5, 5.41) is 6.81. The second-order valence-electron chi connectivity index (χ2n) is 3.62. The van der Waals surface area contributed by atoms with Gasteiger partial charge in [-0.3, -0.25) is 10.2 Å². The van der Waals surface area contributed by atoms with Gasteiger partial charge in [-0.2, -0.15) is 4.98 Å². The summed E-state index contributed by atoms with van der Waals surface area (Å²) in [5.74, 6) is 1.18. The lowest BCUT2D eigenvalue weighted by molar-refractivity contribution is 0.829. The topological polar surface area (TPSA) is 57.4 Å². The number of H-pyrrole nitrogens is 2. The van der Waals surface area contributed by atoms with E-state index in [1.165, 1.54) is 0 Å². The highest BCUT2D eigenvalue weighted by molar-refractivity contribution is 7.71. The Kier molecular flexibility index (Phi) is 2.70. The van der Waals surface area contributed by atoms with Gasteiger partial charge < -0.3 is 0 Å². The molecule has 2 rings (SSSR count). The van der Waals surface area contributed by atoms with Crippen LogP contribution in [0.4, 0.5) is 0 Å². The fourth-order valence-corrected chi connectivity index (χ4v) is 2.54. The minimum absolute atomic E-state index is 0.392. The van der Waals surface area contributed by atoms with Gasteiger partial charge in [-0.1, -0.05) is 13.8 Å². The van der Waals surface area contributed by atoms with E-state index in [9.17, 15) is 0 Å². The zero-order valence-corrected chi connectivity index (χ0v) is 10.4. The molecule has 2 aromatic heterocycles. The molecule has 80 valence electrons. The van der Waals surface area contributed by atoms with E-state index in [-0.39, 0.29) is 0 Å². The molecule has 0 unspecified atom stereocenters. The zero-order chi connectivity index (χ0) is 11.0.